The lowest BCUT2D eigenvalue weighted by atomic mass is 10.1. The van der Waals surface area contributed by atoms with Crippen LogP contribution in [0.5, 0.6) is 5.75 Å². The topological polar surface area (TPSA) is 35.2 Å². The largest absolute Gasteiger partial charge is 0.494 e. The van der Waals surface area contributed by atoms with Crippen molar-refractivity contribution in [2.45, 2.75) is 32.2 Å². The summed E-state index contributed by atoms with van der Waals surface area (Å²) in [6, 6.07) is 8.37. The van der Waals surface area contributed by atoms with E-state index in [0.717, 1.165) is 37.4 Å². The zero-order valence-electron chi connectivity index (χ0n) is 10.3. The van der Waals surface area contributed by atoms with Gasteiger partial charge in [-0.3, -0.25) is 0 Å². The van der Waals surface area contributed by atoms with E-state index in [9.17, 15) is 0 Å². The third-order valence-corrected chi connectivity index (χ3v) is 2.96. The second kappa shape index (κ2) is 9.63. The normalized spacial score (nSPS) is 11.7. The molecule has 0 fully saturated rings. The first-order chi connectivity index (χ1) is 7.72. The number of unbranched alkanes of at least 4 members (excludes halogenated alkanes) is 1. The molecule has 0 aliphatic heterocycles. The molecule has 0 spiro atoms. The van der Waals surface area contributed by atoms with Crippen LogP contribution in [-0.4, -0.2) is 18.4 Å². The van der Waals surface area contributed by atoms with Crippen molar-refractivity contribution < 1.29 is 4.74 Å². The fraction of sp³-hybridized carbons (Fsp3) is 0.538. The maximum Gasteiger partial charge on any atom is 0.119 e. The lowest BCUT2D eigenvalue weighted by molar-refractivity contribution is 0.304. The summed E-state index contributed by atoms with van der Waals surface area (Å²) in [6.45, 7) is 2.84. The molecule has 0 radical (unpaired) electrons. The number of nitrogens with two attached hydrogens (primary N) is 1. The second-order valence-electron chi connectivity index (χ2n) is 4.10. The molecule has 4 heteroatoms. The molecule has 0 bridgehead atoms. The summed E-state index contributed by atoms with van der Waals surface area (Å²) in [4.78, 5) is 0. The molecule has 1 aromatic rings. The molecular formula is C13H22ClNOS. The number of rotatable bonds is 7. The number of aryl methyl sites for hydroxylation is 1. The van der Waals surface area contributed by atoms with Gasteiger partial charge in [-0.25, -0.2) is 0 Å². The predicted octanol–water partition coefficient (Wildman–Crippen LogP) is 3.22. The van der Waals surface area contributed by atoms with Crippen LogP contribution in [-0.2, 0) is 0 Å². The Balaban J connectivity index is 0.00000256. The molecule has 0 aromatic heterocycles. The minimum atomic E-state index is 0. The van der Waals surface area contributed by atoms with Crippen LogP contribution in [0, 0.1) is 6.92 Å². The summed E-state index contributed by atoms with van der Waals surface area (Å²) >= 11 is 4.15. The minimum absolute atomic E-state index is 0. The van der Waals surface area contributed by atoms with Crippen molar-refractivity contribution in [2.75, 3.05) is 12.4 Å². The first-order valence-electron chi connectivity index (χ1n) is 5.78. The van der Waals surface area contributed by atoms with Gasteiger partial charge >= 0.3 is 0 Å². The van der Waals surface area contributed by atoms with Crippen LogP contribution in [0.15, 0.2) is 24.3 Å². The van der Waals surface area contributed by atoms with E-state index in [-0.39, 0.29) is 18.4 Å². The van der Waals surface area contributed by atoms with Gasteiger partial charge < -0.3 is 10.5 Å². The standard InChI is InChI=1S/C13H21NOS.ClH/c1-11-5-7-13(8-6-11)15-9-3-2-4-12(14)10-16;/h5-8,12,16H,2-4,9-10,14H2,1H3;1H. The lowest BCUT2D eigenvalue weighted by Crippen LogP contribution is -2.21. The van der Waals surface area contributed by atoms with E-state index in [1.165, 1.54) is 5.56 Å². The molecule has 1 atom stereocenters. The molecule has 98 valence electrons. The van der Waals surface area contributed by atoms with Gasteiger partial charge in [0.1, 0.15) is 5.75 Å². The highest BCUT2D eigenvalue weighted by Gasteiger charge is 1.99. The molecule has 0 saturated carbocycles. The van der Waals surface area contributed by atoms with E-state index in [0.29, 0.717) is 0 Å². The van der Waals surface area contributed by atoms with Crippen molar-refractivity contribution in [2.24, 2.45) is 5.73 Å². The number of halogens is 1. The Morgan fingerprint density at radius 2 is 1.88 bits per heavy atom. The van der Waals surface area contributed by atoms with Crippen molar-refractivity contribution in [3.05, 3.63) is 29.8 Å². The van der Waals surface area contributed by atoms with E-state index in [1.54, 1.807) is 0 Å². The zero-order chi connectivity index (χ0) is 11.8. The molecule has 1 aromatic carbocycles. The molecule has 2 N–H and O–H groups in total. The third-order valence-electron chi connectivity index (χ3n) is 2.49. The average Bonchev–Trinajstić information content (AvgIpc) is 2.31. The van der Waals surface area contributed by atoms with E-state index in [1.807, 2.05) is 12.1 Å². The van der Waals surface area contributed by atoms with Crippen LogP contribution in [0.2, 0.25) is 0 Å². The summed E-state index contributed by atoms with van der Waals surface area (Å²) in [5.41, 5.74) is 7.02. The van der Waals surface area contributed by atoms with Gasteiger partial charge in [0.25, 0.3) is 0 Å². The van der Waals surface area contributed by atoms with E-state index < -0.39 is 0 Å². The minimum Gasteiger partial charge on any atom is -0.494 e. The quantitative estimate of drug-likeness (QED) is 0.592. The monoisotopic (exact) mass is 275 g/mol. The Bertz CT molecular complexity index is 292. The summed E-state index contributed by atoms with van der Waals surface area (Å²) in [7, 11) is 0. The fourth-order valence-corrected chi connectivity index (χ4v) is 1.61. The second-order valence-corrected chi connectivity index (χ2v) is 4.47. The Labute approximate surface area is 116 Å². The van der Waals surface area contributed by atoms with Crippen molar-refractivity contribution in [3.8, 4) is 5.75 Å². The number of ether oxygens (including phenoxy) is 1. The maximum absolute atomic E-state index is 5.77. The molecule has 0 aliphatic rings. The summed E-state index contributed by atoms with van der Waals surface area (Å²) < 4.78 is 5.62. The maximum atomic E-state index is 5.77. The van der Waals surface area contributed by atoms with Gasteiger partial charge in [0.05, 0.1) is 6.61 Å². The fourth-order valence-electron chi connectivity index (χ4n) is 1.42. The van der Waals surface area contributed by atoms with Crippen LogP contribution in [0.3, 0.4) is 0 Å². The smallest absolute Gasteiger partial charge is 0.119 e. The summed E-state index contributed by atoms with van der Waals surface area (Å²) in [6.07, 6.45) is 3.18. The molecular weight excluding hydrogens is 254 g/mol. The first-order valence-corrected chi connectivity index (χ1v) is 6.41. The molecule has 0 heterocycles. The molecule has 1 rings (SSSR count). The van der Waals surface area contributed by atoms with Gasteiger partial charge in [-0.1, -0.05) is 17.7 Å². The Hall–Kier alpha value is -0.380. The highest BCUT2D eigenvalue weighted by molar-refractivity contribution is 7.80. The van der Waals surface area contributed by atoms with Crippen LogP contribution >= 0.6 is 25.0 Å². The number of hydrogen-bond acceptors (Lipinski definition) is 3. The third kappa shape index (κ3) is 7.53. The molecule has 0 amide bonds. The Morgan fingerprint density at radius 1 is 1.24 bits per heavy atom. The van der Waals surface area contributed by atoms with Crippen LogP contribution in [0.1, 0.15) is 24.8 Å². The average molecular weight is 276 g/mol. The molecule has 2 nitrogen and oxygen atoms in total. The van der Waals surface area contributed by atoms with E-state index in [2.05, 4.69) is 31.7 Å². The van der Waals surface area contributed by atoms with Gasteiger partial charge in [0, 0.05) is 11.8 Å². The highest BCUT2D eigenvalue weighted by Crippen LogP contribution is 2.12. The number of thiol groups is 1. The van der Waals surface area contributed by atoms with Crippen molar-refractivity contribution in [1.29, 1.82) is 0 Å². The van der Waals surface area contributed by atoms with Crippen LogP contribution in [0.4, 0.5) is 0 Å². The van der Waals surface area contributed by atoms with Crippen molar-refractivity contribution in [1.82, 2.24) is 0 Å². The first kappa shape index (κ1) is 16.6. The van der Waals surface area contributed by atoms with Gasteiger partial charge in [0.15, 0.2) is 0 Å². The van der Waals surface area contributed by atoms with Crippen molar-refractivity contribution >= 4 is 25.0 Å². The number of benzene rings is 1. The van der Waals surface area contributed by atoms with Crippen molar-refractivity contribution in [3.63, 3.8) is 0 Å². The number of hydrogen-bond donors (Lipinski definition) is 2. The van der Waals surface area contributed by atoms with Crippen LogP contribution in [0.25, 0.3) is 0 Å². The predicted molar refractivity (Wildman–Crippen MR) is 79.6 cm³/mol. The van der Waals surface area contributed by atoms with Gasteiger partial charge in [-0.15, -0.1) is 12.4 Å². The molecule has 0 aliphatic carbocycles. The zero-order valence-corrected chi connectivity index (χ0v) is 12.0. The van der Waals surface area contributed by atoms with Gasteiger partial charge in [-0.2, -0.15) is 12.6 Å². The molecule has 0 saturated heterocycles. The molecule has 17 heavy (non-hydrogen) atoms. The summed E-state index contributed by atoms with van der Waals surface area (Å²) in [5, 5.41) is 0. The van der Waals surface area contributed by atoms with E-state index >= 15 is 0 Å². The Morgan fingerprint density at radius 3 is 2.47 bits per heavy atom. The van der Waals surface area contributed by atoms with Crippen LogP contribution < -0.4 is 10.5 Å². The molecule has 1 unspecified atom stereocenters. The summed E-state index contributed by atoms with van der Waals surface area (Å²) in [5.74, 6) is 1.71. The highest BCUT2D eigenvalue weighted by atomic mass is 35.5. The van der Waals surface area contributed by atoms with Gasteiger partial charge in [0.2, 0.25) is 0 Å². The van der Waals surface area contributed by atoms with E-state index in [4.69, 9.17) is 10.5 Å². The SMILES string of the molecule is Cc1ccc(OCCCCC(N)CS)cc1.Cl. The lowest BCUT2D eigenvalue weighted by Gasteiger charge is -2.09. The van der Waals surface area contributed by atoms with Gasteiger partial charge in [-0.05, 0) is 38.3 Å². The Kier molecular flexibility index (Phi) is 9.41.